The molecule has 2 aromatic rings. The van der Waals surface area contributed by atoms with Crippen molar-refractivity contribution in [1.82, 2.24) is 19.7 Å². The average molecular weight is 431 g/mol. The number of aromatic nitrogens is 3. The maximum Gasteiger partial charge on any atom is 0.233 e. The van der Waals surface area contributed by atoms with Gasteiger partial charge in [-0.1, -0.05) is 18.7 Å². The van der Waals surface area contributed by atoms with Crippen LogP contribution in [-0.2, 0) is 16.1 Å². The number of rotatable bonds is 7. The Morgan fingerprint density at radius 1 is 1.23 bits per heavy atom. The van der Waals surface area contributed by atoms with Gasteiger partial charge >= 0.3 is 0 Å². The van der Waals surface area contributed by atoms with Crippen molar-refractivity contribution in [3.8, 4) is 17.1 Å². The molecule has 0 aliphatic carbocycles. The third-order valence-corrected chi connectivity index (χ3v) is 6.76. The van der Waals surface area contributed by atoms with Crippen LogP contribution in [0.3, 0.4) is 0 Å². The van der Waals surface area contributed by atoms with E-state index in [1.54, 1.807) is 7.11 Å². The Labute approximate surface area is 182 Å². The molecule has 0 N–H and O–H groups in total. The molecular weight excluding hydrogens is 400 g/mol. The highest BCUT2D eigenvalue weighted by Gasteiger charge is 2.24. The summed E-state index contributed by atoms with van der Waals surface area (Å²) in [6, 6.07) is 7.83. The van der Waals surface area contributed by atoms with E-state index in [9.17, 15) is 4.79 Å². The fourth-order valence-corrected chi connectivity index (χ4v) is 4.99. The number of carbonyl (C=O) groups excluding carboxylic acids is 1. The molecule has 2 saturated heterocycles. The van der Waals surface area contributed by atoms with E-state index in [1.165, 1.54) is 18.2 Å². The molecule has 7 nitrogen and oxygen atoms in total. The molecule has 162 valence electrons. The van der Waals surface area contributed by atoms with Crippen molar-refractivity contribution >= 4 is 17.7 Å². The van der Waals surface area contributed by atoms with E-state index in [4.69, 9.17) is 9.47 Å². The summed E-state index contributed by atoms with van der Waals surface area (Å²) in [4.78, 5) is 14.7. The summed E-state index contributed by atoms with van der Waals surface area (Å²) in [6.45, 7) is 5.44. The normalized spacial score (nSPS) is 21.7. The van der Waals surface area contributed by atoms with Crippen LogP contribution in [0.5, 0.6) is 5.75 Å². The summed E-state index contributed by atoms with van der Waals surface area (Å²) < 4.78 is 13.2. The van der Waals surface area contributed by atoms with Crippen LogP contribution in [0.2, 0.25) is 0 Å². The summed E-state index contributed by atoms with van der Waals surface area (Å²) in [5.41, 5.74) is 0.976. The second kappa shape index (κ2) is 9.83. The van der Waals surface area contributed by atoms with Crippen LogP contribution >= 0.6 is 11.8 Å². The molecule has 2 aliphatic rings. The van der Waals surface area contributed by atoms with Gasteiger partial charge in [-0.05, 0) is 55.9 Å². The minimum atomic E-state index is 0.163. The van der Waals surface area contributed by atoms with Crippen LogP contribution in [0.25, 0.3) is 11.4 Å². The number of benzene rings is 1. The number of methoxy groups -OCH3 is 1. The van der Waals surface area contributed by atoms with Crippen LogP contribution in [0.1, 0.15) is 32.6 Å². The summed E-state index contributed by atoms with van der Waals surface area (Å²) in [7, 11) is 1.66. The van der Waals surface area contributed by atoms with Crippen LogP contribution in [0.4, 0.5) is 0 Å². The van der Waals surface area contributed by atoms with Gasteiger partial charge in [0.15, 0.2) is 11.0 Å². The predicted octanol–water partition coefficient (Wildman–Crippen LogP) is 3.48. The number of thioether (sulfide) groups is 1. The quantitative estimate of drug-likeness (QED) is 0.627. The summed E-state index contributed by atoms with van der Waals surface area (Å²) in [6.07, 6.45) is 4.58. The Hall–Kier alpha value is -2.06. The first-order chi connectivity index (χ1) is 14.6. The number of hydrogen-bond donors (Lipinski definition) is 0. The van der Waals surface area contributed by atoms with Crippen molar-refractivity contribution in [2.45, 2.75) is 50.4 Å². The van der Waals surface area contributed by atoms with Gasteiger partial charge in [0.25, 0.3) is 0 Å². The van der Waals surface area contributed by atoms with Gasteiger partial charge in [0, 0.05) is 25.3 Å². The van der Waals surface area contributed by atoms with E-state index in [0.717, 1.165) is 61.3 Å². The van der Waals surface area contributed by atoms with E-state index in [0.29, 0.717) is 18.2 Å². The molecule has 3 heterocycles. The molecule has 0 unspecified atom stereocenters. The molecule has 2 fully saturated rings. The molecule has 0 saturated carbocycles. The number of carbonyl (C=O) groups is 1. The van der Waals surface area contributed by atoms with Crippen LogP contribution < -0.4 is 4.74 Å². The van der Waals surface area contributed by atoms with Gasteiger partial charge in [0.2, 0.25) is 5.91 Å². The highest BCUT2D eigenvalue weighted by Crippen LogP contribution is 2.28. The van der Waals surface area contributed by atoms with E-state index < -0.39 is 0 Å². The maximum absolute atomic E-state index is 12.7. The van der Waals surface area contributed by atoms with Crippen LogP contribution in [0.15, 0.2) is 29.4 Å². The summed E-state index contributed by atoms with van der Waals surface area (Å²) in [5.74, 6) is 2.76. The minimum Gasteiger partial charge on any atom is -0.497 e. The summed E-state index contributed by atoms with van der Waals surface area (Å²) in [5, 5.41) is 9.66. The molecule has 30 heavy (non-hydrogen) atoms. The lowest BCUT2D eigenvalue weighted by atomic mass is 10.0. The molecule has 0 radical (unpaired) electrons. The van der Waals surface area contributed by atoms with Crippen molar-refractivity contribution in [3.05, 3.63) is 24.3 Å². The number of piperidine rings is 1. The molecular formula is C22H30N4O3S. The molecule has 1 aromatic carbocycles. The van der Waals surface area contributed by atoms with Gasteiger partial charge in [-0.2, -0.15) is 0 Å². The van der Waals surface area contributed by atoms with Crippen molar-refractivity contribution < 1.29 is 14.3 Å². The van der Waals surface area contributed by atoms with Crippen molar-refractivity contribution in [2.24, 2.45) is 5.92 Å². The zero-order chi connectivity index (χ0) is 20.9. The van der Waals surface area contributed by atoms with Gasteiger partial charge in [-0.3, -0.25) is 9.36 Å². The Kier molecular flexibility index (Phi) is 6.94. The SMILES string of the molecule is COc1ccc(-c2nnc(SCC(=O)N3CCC[C@H](C)C3)n2C[C@H]2CCCO2)cc1. The third-order valence-electron chi connectivity index (χ3n) is 5.81. The lowest BCUT2D eigenvalue weighted by Crippen LogP contribution is -2.40. The molecule has 4 rings (SSSR count). The van der Waals surface area contributed by atoms with Crippen LogP contribution in [0, 0.1) is 5.92 Å². The molecule has 8 heteroatoms. The van der Waals surface area contributed by atoms with Gasteiger partial charge in [0.05, 0.1) is 25.5 Å². The Morgan fingerprint density at radius 3 is 2.77 bits per heavy atom. The number of hydrogen-bond acceptors (Lipinski definition) is 6. The van der Waals surface area contributed by atoms with E-state index >= 15 is 0 Å². The molecule has 2 aliphatic heterocycles. The third kappa shape index (κ3) is 4.98. The number of amides is 1. The van der Waals surface area contributed by atoms with Crippen LogP contribution in [-0.4, -0.2) is 64.2 Å². The fourth-order valence-electron chi connectivity index (χ4n) is 4.14. The second-order valence-electron chi connectivity index (χ2n) is 8.16. The number of nitrogens with zero attached hydrogens (tertiary/aromatic N) is 4. The van der Waals surface area contributed by atoms with Gasteiger partial charge in [0.1, 0.15) is 5.75 Å². The monoisotopic (exact) mass is 430 g/mol. The highest BCUT2D eigenvalue weighted by atomic mass is 32.2. The standard InChI is InChI=1S/C22H30N4O3S/c1-16-5-3-11-25(13-16)20(27)15-30-22-24-23-21(17-7-9-18(28-2)10-8-17)26(22)14-19-6-4-12-29-19/h7-10,16,19H,3-6,11-15H2,1-2H3/t16-,19+/m0/s1. The van der Waals surface area contributed by atoms with E-state index in [1.807, 2.05) is 29.2 Å². The first-order valence-corrected chi connectivity index (χ1v) is 11.7. The first-order valence-electron chi connectivity index (χ1n) is 10.7. The van der Waals surface area contributed by atoms with Gasteiger partial charge in [-0.25, -0.2) is 0 Å². The smallest absolute Gasteiger partial charge is 0.233 e. The molecule has 1 aromatic heterocycles. The van der Waals surface area contributed by atoms with Gasteiger partial charge in [-0.15, -0.1) is 10.2 Å². The highest BCUT2D eigenvalue weighted by molar-refractivity contribution is 7.99. The fraction of sp³-hybridized carbons (Fsp3) is 0.591. The van der Waals surface area contributed by atoms with Gasteiger partial charge < -0.3 is 14.4 Å². The molecule has 1 amide bonds. The Balaban J connectivity index is 1.51. The molecule has 0 bridgehead atoms. The van der Waals surface area contributed by atoms with E-state index in [2.05, 4.69) is 21.7 Å². The molecule has 0 spiro atoms. The van der Waals surface area contributed by atoms with Crippen molar-refractivity contribution in [3.63, 3.8) is 0 Å². The minimum absolute atomic E-state index is 0.163. The van der Waals surface area contributed by atoms with Crippen molar-refractivity contribution in [1.29, 1.82) is 0 Å². The zero-order valence-electron chi connectivity index (χ0n) is 17.7. The zero-order valence-corrected chi connectivity index (χ0v) is 18.6. The van der Waals surface area contributed by atoms with E-state index in [-0.39, 0.29) is 12.0 Å². The largest absolute Gasteiger partial charge is 0.497 e. The number of likely N-dealkylation sites (tertiary alicyclic amines) is 1. The maximum atomic E-state index is 12.7. The Bertz CT molecular complexity index is 849. The Morgan fingerprint density at radius 2 is 2.07 bits per heavy atom. The topological polar surface area (TPSA) is 69.5 Å². The summed E-state index contributed by atoms with van der Waals surface area (Å²) >= 11 is 1.47. The average Bonchev–Trinajstić information content (AvgIpc) is 3.42. The second-order valence-corrected chi connectivity index (χ2v) is 9.10. The predicted molar refractivity (Wildman–Crippen MR) is 117 cm³/mol. The van der Waals surface area contributed by atoms with Crippen molar-refractivity contribution in [2.75, 3.05) is 32.6 Å². The number of ether oxygens (including phenoxy) is 2. The lowest BCUT2D eigenvalue weighted by molar-refractivity contribution is -0.130. The lowest BCUT2D eigenvalue weighted by Gasteiger charge is -2.30. The molecule has 2 atom stereocenters. The first kappa shape index (κ1) is 21.2.